The van der Waals surface area contributed by atoms with E-state index in [1.165, 1.54) is 0 Å². The number of rotatable bonds is 5. The third-order valence-electron chi connectivity index (χ3n) is 5.12. The van der Waals surface area contributed by atoms with E-state index in [-0.39, 0.29) is 11.8 Å². The molecule has 0 radical (unpaired) electrons. The molecular weight excluding hydrogens is 416 g/mol. The van der Waals surface area contributed by atoms with Crippen LogP contribution in [0.1, 0.15) is 36.5 Å². The van der Waals surface area contributed by atoms with Crippen LogP contribution >= 0.6 is 15.9 Å². The number of carbonyl (C=O) groups is 2. The van der Waals surface area contributed by atoms with Crippen molar-refractivity contribution in [3.05, 3.63) is 80.8 Å². The molecule has 0 aromatic heterocycles. The Morgan fingerprint density at radius 3 is 2.21 bits per heavy atom. The van der Waals surface area contributed by atoms with E-state index in [4.69, 9.17) is 0 Å². The summed E-state index contributed by atoms with van der Waals surface area (Å²) in [7, 11) is 0. The number of carbonyl (C=O) groups excluding carboxylic acids is 2. The quantitative estimate of drug-likeness (QED) is 0.741. The van der Waals surface area contributed by atoms with Crippen molar-refractivity contribution in [2.24, 2.45) is 0 Å². The van der Waals surface area contributed by atoms with E-state index in [1.807, 2.05) is 55.5 Å². The molecule has 0 aliphatic carbocycles. The zero-order valence-corrected chi connectivity index (χ0v) is 17.5. The number of nitrogens with zero attached hydrogens (tertiary/aromatic N) is 1. The van der Waals surface area contributed by atoms with Gasteiger partial charge in [-0.05, 0) is 36.6 Å². The Hall–Kier alpha value is -2.66. The molecule has 0 fully saturated rings. The summed E-state index contributed by atoms with van der Waals surface area (Å²) in [5.41, 5.74) is 5.16. The smallest absolute Gasteiger partial charge is 0.261 e. The fourth-order valence-electron chi connectivity index (χ4n) is 3.66. The second kappa shape index (κ2) is 7.40. The molecule has 2 aliphatic rings. The predicted octanol–water partition coefficient (Wildman–Crippen LogP) is 4.65. The van der Waals surface area contributed by atoms with E-state index in [0.29, 0.717) is 23.4 Å². The molecule has 2 aromatic carbocycles. The van der Waals surface area contributed by atoms with Crippen LogP contribution in [0.3, 0.4) is 0 Å². The molecule has 142 valence electrons. The lowest BCUT2D eigenvalue weighted by Gasteiger charge is -2.21. The van der Waals surface area contributed by atoms with Crippen molar-refractivity contribution in [2.45, 2.75) is 26.7 Å². The largest absolute Gasteiger partial charge is 0.321 e. The molecular formula is C23H21BrN2O2. The molecule has 5 heteroatoms. The molecule has 28 heavy (non-hydrogen) atoms. The van der Waals surface area contributed by atoms with Crippen molar-refractivity contribution in [3.8, 4) is 0 Å². The second-order valence-electron chi connectivity index (χ2n) is 7.11. The minimum Gasteiger partial charge on any atom is -0.321 e. The van der Waals surface area contributed by atoms with Crippen LogP contribution in [0.25, 0.3) is 11.4 Å². The highest BCUT2D eigenvalue weighted by Gasteiger charge is 2.44. The lowest BCUT2D eigenvalue weighted by Crippen LogP contribution is -2.28. The van der Waals surface area contributed by atoms with Crippen LogP contribution in [0.5, 0.6) is 0 Å². The summed E-state index contributed by atoms with van der Waals surface area (Å²) in [6.07, 6.45) is 1.86. The predicted molar refractivity (Wildman–Crippen MR) is 114 cm³/mol. The summed E-state index contributed by atoms with van der Waals surface area (Å²) in [5.74, 6) is -0.314. The number of hydrogen-bond acceptors (Lipinski definition) is 2. The van der Waals surface area contributed by atoms with Gasteiger partial charge >= 0.3 is 0 Å². The van der Waals surface area contributed by atoms with Gasteiger partial charge in [-0.25, -0.2) is 0 Å². The molecule has 2 amide bonds. The van der Waals surface area contributed by atoms with Crippen molar-refractivity contribution in [1.29, 1.82) is 0 Å². The van der Waals surface area contributed by atoms with Crippen LogP contribution in [0.15, 0.2) is 64.1 Å². The first-order valence-corrected chi connectivity index (χ1v) is 10.3. The van der Waals surface area contributed by atoms with Crippen LogP contribution in [0.4, 0.5) is 0 Å². The summed E-state index contributed by atoms with van der Waals surface area (Å²) < 4.78 is 0.949. The summed E-state index contributed by atoms with van der Waals surface area (Å²) in [5, 5.41) is 2.93. The van der Waals surface area contributed by atoms with Crippen molar-refractivity contribution in [2.75, 3.05) is 6.54 Å². The number of nitrogens with one attached hydrogen (secondary N) is 1. The van der Waals surface area contributed by atoms with Gasteiger partial charge in [-0.2, -0.15) is 0 Å². The number of halogens is 1. The van der Waals surface area contributed by atoms with Gasteiger partial charge < -0.3 is 10.2 Å². The molecule has 0 saturated heterocycles. The number of amides is 2. The Labute approximate surface area is 173 Å². The van der Waals surface area contributed by atoms with Crippen LogP contribution < -0.4 is 5.32 Å². The molecule has 4 rings (SSSR count). The highest BCUT2D eigenvalue weighted by atomic mass is 79.9. The van der Waals surface area contributed by atoms with Crippen molar-refractivity contribution < 1.29 is 9.59 Å². The van der Waals surface area contributed by atoms with Crippen LogP contribution in [0, 0.1) is 6.92 Å². The van der Waals surface area contributed by atoms with E-state index in [2.05, 4.69) is 28.2 Å². The molecule has 0 atom stereocenters. The highest BCUT2D eigenvalue weighted by molar-refractivity contribution is 9.10. The Kier molecular flexibility index (Phi) is 4.94. The zero-order valence-electron chi connectivity index (χ0n) is 15.9. The molecule has 0 spiro atoms. The molecule has 2 heterocycles. The first kappa shape index (κ1) is 18.7. The van der Waals surface area contributed by atoms with Gasteiger partial charge in [0.1, 0.15) is 0 Å². The van der Waals surface area contributed by atoms with Crippen LogP contribution in [-0.4, -0.2) is 23.3 Å². The summed E-state index contributed by atoms with van der Waals surface area (Å²) >= 11 is 3.43. The second-order valence-corrected chi connectivity index (χ2v) is 8.03. The molecule has 0 saturated carbocycles. The third kappa shape index (κ3) is 3.10. The maximum atomic E-state index is 13.4. The van der Waals surface area contributed by atoms with Gasteiger partial charge in [0.05, 0.1) is 22.5 Å². The first-order chi connectivity index (χ1) is 13.5. The number of hydrogen-bond donors (Lipinski definition) is 1. The van der Waals surface area contributed by atoms with Gasteiger partial charge in [0, 0.05) is 11.0 Å². The van der Waals surface area contributed by atoms with Crippen LogP contribution in [-0.2, 0) is 9.59 Å². The van der Waals surface area contributed by atoms with E-state index < -0.39 is 0 Å². The zero-order chi connectivity index (χ0) is 19.8. The fraction of sp³-hybridized carbons (Fsp3) is 0.217. The van der Waals surface area contributed by atoms with Gasteiger partial charge in [-0.15, -0.1) is 0 Å². The van der Waals surface area contributed by atoms with E-state index >= 15 is 0 Å². The highest BCUT2D eigenvalue weighted by Crippen LogP contribution is 2.42. The average Bonchev–Trinajstić information content (AvgIpc) is 3.17. The lowest BCUT2D eigenvalue weighted by atomic mass is 10.0. The minimum atomic E-state index is -0.212. The molecule has 2 aromatic rings. The van der Waals surface area contributed by atoms with Crippen molar-refractivity contribution in [1.82, 2.24) is 10.2 Å². The average molecular weight is 437 g/mol. The van der Waals surface area contributed by atoms with E-state index in [0.717, 1.165) is 39.7 Å². The Morgan fingerprint density at radius 1 is 0.929 bits per heavy atom. The van der Waals surface area contributed by atoms with Gasteiger partial charge in [0.25, 0.3) is 11.8 Å². The van der Waals surface area contributed by atoms with E-state index in [1.54, 1.807) is 4.90 Å². The number of unbranched alkanes of at least 4 members (excludes halogenated alkanes) is 1. The molecule has 1 N–H and O–H groups in total. The van der Waals surface area contributed by atoms with Crippen molar-refractivity contribution >= 4 is 39.1 Å². The maximum absolute atomic E-state index is 13.4. The minimum absolute atomic E-state index is 0.102. The normalized spacial score (nSPS) is 16.2. The first-order valence-electron chi connectivity index (χ1n) is 9.46. The van der Waals surface area contributed by atoms with E-state index in [9.17, 15) is 9.59 Å². The molecule has 0 bridgehead atoms. The van der Waals surface area contributed by atoms with Crippen LogP contribution in [0.2, 0.25) is 0 Å². The number of benzene rings is 2. The monoisotopic (exact) mass is 436 g/mol. The summed E-state index contributed by atoms with van der Waals surface area (Å²) in [4.78, 5) is 28.1. The summed E-state index contributed by atoms with van der Waals surface area (Å²) in [6, 6.07) is 15.6. The van der Waals surface area contributed by atoms with Gasteiger partial charge in [-0.3, -0.25) is 9.59 Å². The standard InChI is InChI=1S/C23H21BrN2O2/c1-3-4-13-26-21(16-7-5-14(2)6-8-16)19-18(23(26)28)20(25-22(19)27)15-9-11-17(24)12-10-15/h5-12H,3-4,13H2,1-2H3,(H,25,27). The van der Waals surface area contributed by atoms with Gasteiger partial charge in [-0.1, -0.05) is 71.2 Å². The van der Waals surface area contributed by atoms with Gasteiger partial charge in [0.15, 0.2) is 0 Å². The number of aryl methyl sites for hydroxylation is 1. The summed E-state index contributed by atoms with van der Waals surface area (Å²) in [6.45, 7) is 4.72. The maximum Gasteiger partial charge on any atom is 0.261 e. The SMILES string of the molecule is CCCCN1C(=O)C2=C(c3ccc(Br)cc3)NC(=O)C2=C1c1ccc(C)cc1. The lowest BCUT2D eigenvalue weighted by molar-refractivity contribution is -0.123. The Balaban J connectivity index is 1.90. The van der Waals surface area contributed by atoms with Gasteiger partial charge in [0.2, 0.25) is 0 Å². The molecule has 2 aliphatic heterocycles. The number of fused-ring (bicyclic) bond motifs is 1. The molecule has 0 unspecified atom stereocenters. The van der Waals surface area contributed by atoms with Crippen molar-refractivity contribution in [3.63, 3.8) is 0 Å². The Morgan fingerprint density at radius 2 is 1.57 bits per heavy atom. The topological polar surface area (TPSA) is 49.4 Å². The Bertz CT molecular complexity index is 1020. The fourth-order valence-corrected chi connectivity index (χ4v) is 3.93. The molecule has 4 nitrogen and oxygen atoms in total. The third-order valence-corrected chi connectivity index (χ3v) is 5.65.